The van der Waals surface area contributed by atoms with Crippen LogP contribution in [0.3, 0.4) is 0 Å². The number of imide groups is 1. The van der Waals surface area contributed by atoms with Crippen molar-refractivity contribution in [3.63, 3.8) is 0 Å². The fourth-order valence-electron chi connectivity index (χ4n) is 2.34. The summed E-state index contributed by atoms with van der Waals surface area (Å²) in [5, 5.41) is 5.59. The van der Waals surface area contributed by atoms with Crippen LogP contribution in [0.25, 0.3) is 0 Å². The molecule has 0 bridgehead atoms. The fraction of sp³-hybridized carbons (Fsp3) is 0.800. The van der Waals surface area contributed by atoms with Gasteiger partial charge in [0.05, 0.1) is 12.5 Å². The Kier molecular flexibility index (Phi) is 2.54. The minimum atomic E-state index is -0.284. The van der Waals surface area contributed by atoms with Gasteiger partial charge in [0.15, 0.2) is 0 Å². The SMILES string of the molecule is CC1CCCC1NC1CC(=O)NC1=O. The molecule has 0 aromatic heterocycles. The molecule has 2 N–H and O–H groups in total. The Morgan fingerprint density at radius 2 is 2.14 bits per heavy atom. The van der Waals surface area contributed by atoms with E-state index in [0.29, 0.717) is 18.4 Å². The first-order chi connectivity index (χ1) is 6.66. The monoisotopic (exact) mass is 196 g/mol. The molecule has 1 heterocycles. The van der Waals surface area contributed by atoms with E-state index in [1.165, 1.54) is 12.8 Å². The molecule has 0 radical (unpaired) electrons. The quantitative estimate of drug-likeness (QED) is 0.619. The van der Waals surface area contributed by atoms with E-state index in [4.69, 9.17) is 0 Å². The van der Waals surface area contributed by atoms with Crippen molar-refractivity contribution in [3.8, 4) is 0 Å². The average molecular weight is 196 g/mol. The van der Waals surface area contributed by atoms with E-state index in [9.17, 15) is 9.59 Å². The summed E-state index contributed by atoms with van der Waals surface area (Å²) >= 11 is 0. The van der Waals surface area contributed by atoms with Crippen molar-refractivity contribution in [1.82, 2.24) is 10.6 Å². The van der Waals surface area contributed by atoms with Crippen LogP contribution in [0.4, 0.5) is 0 Å². The Bertz CT molecular complexity index is 265. The van der Waals surface area contributed by atoms with Gasteiger partial charge in [-0.3, -0.25) is 14.9 Å². The van der Waals surface area contributed by atoms with Crippen molar-refractivity contribution in [1.29, 1.82) is 0 Å². The third-order valence-corrected chi connectivity index (χ3v) is 3.25. The van der Waals surface area contributed by atoms with Gasteiger partial charge in [0, 0.05) is 6.04 Å². The van der Waals surface area contributed by atoms with Gasteiger partial charge in [-0.15, -0.1) is 0 Å². The summed E-state index contributed by atoms with van der Waals surface area (Å²) in [6, 6.07) is 0.129. The van der Waals surface area contributed by atoms with Crippen LogP contribution in [0.1, 0.15) is 32.6 Å². The predicted molar refractivity (Wildman–Crippen MR) is 51.5 cm³/mol. The highest BCUT2D eigenvalue weighted by Gasteiger charge is 2.34. The van der Waals surface area contributed by atoms with Crippen LogP contribution < -0.4 is 10.6 Å². The molecular formula is C10H16N2O2. The molecule has 1 saturated heterocycles. The summed E-state index contributed by atoms with van der Waals surface area (Å²) in [4.78, 5) is 22.2. The number of nitrogens with one attached hydrogen (secondary N) is 2. The second-order valence-corrected chi connectivity index (χ2v) is 4.35. The van der Waals surface area contributed by atoms with Gasteiger partial charge in [-0.2, -0.15) is 0 Å². The molecule has 3 unspecified atom stereocenters. The molecule has 14 heavy (non-hydrogen) atoms. The zero-order chi connectivity index (χ0) is 10.1. The normalized spacial score (nSPS) is 37.6. The van der Waals surface area contributed by atoms with E-state index >= 15 is 0 Å². The smallest absolute Gasteiger partial charge is 0.244 e. The first-order valence-corrected chi connectivity index (χ1v) is 5.26. The summed E-state index contributed by atoms with van der Waals surface area (Å²) in [7, 11) is 0. The lowest BCUT2D eigenvalue weighted by atomic mass is 10.1. The standard InChI is InChI=1S/C10H16N2O2/c1-6-3-2-4-7(6)11-8-5-9(13)12-10(8)14/h6-8,11H,2-5H2,1H3,(H,12,13,14). The van der Waals surface area contributed by atoms with Crippen LogP contribution >= 0.6 is 0 Å². The van der Waals surface area contributed by atoms with Crippen molar-refractivity contribution in [2.24, 2.45) is 5.92 Å². The van der Waals surface area contributed by atoms with Gasteiger partial charge in [-0.1, -0.05) is 13.3 Å². The van der Waals surface area contributed by atoms with Crippen LogP contribution in [0.15, 0.2) is 0 Å². The first-order valence-electron chi connectivity index (χ1n) is 5.26. The second-order valence-electron chi connectivity index (χ2n) is 4.35. The predicted octanol–water partition coefficient (Wildman–Crippen LogP) is 0.180. The largest absolute Gasteiger partial charge is 0.302 e. The van der Waals surface area contributed by atoms with Crippen LogP contribution in [0, 0.1) is 5.92 Å². The molecule has 2 rings (SSSR count). The molecule has 1 aliphatic heterocycles. The Morgan fingerprint density at radius 1 is 1.36 bits per heavy atom. The van der Waals surface area contributed by atoms with E-state index in [0.717, 1.165) is 6.42 Å². The van der Waals surface area contributed by atoms with E-state index in [2.05, 4.69) is 17.6 Å². The Balaban J connectivity index is 1.91. The lowest BCUT2D eigenvalue weighted by Crippen LogP contribution is -2.43. The van der Waals surface area contributed by atoms with Crippen molar-refractivity contribution < 1.29 is 9.59 Å². The minimum Gasteiger partial charge on any atom is -0.302 e. The van der Waals surface area contributed by atoms with Gasteiger partial charge >= 0.3 is 0 Å². The van der Waals surface area contributed by atoms with Gasteiger partial charge < -0.3 is 5.32 Å². The summed E-state index contributed by atoms with van der Waals surface area (Å²) in [6.07, 6.45) is 3.88. The maximum Gasteiger partial charge on any atom is 0.244 e. The maximum atomic E-state index is 11.3. The van der Waals surface area contributed by atoms with Gasteiger partial charge in [0.25, 0.3) is 0 Å². The first kappa shape index (κ1) is 9.65. The summed E-state index contributed by atoms with van der Waals surface area (Å²) in [5.41, 5.74) is 0. The fourth-order valence-corrected chi connectivity index (χ4v) is 2.34. The van der Waals surface area contributed by atoms with Gasteiger partial charge in [-0.05, 0) is 18.8 Å². The van der Waals surface area contributed by atoms with Crippen molar-refractivity contribution >= 4 is 11.8 Å². The Hall–Kier alpha value is -0.900. The molecule has 4 heteroatoms. The van der Waals surface area contributed by atoms with E-state index in [-0.39, 0.29) is 17.9 Å². The van der Waals surface area contributed by atoms with Crippen molar-refractivity contribution in [3.05, 3.63) is 0 Å². The molecule has 2 fully saturated rings. The maximum absolute atomic E-state index is 11.3. The van der Waals surface area contributed by atoms with Crippen LogP contribution in [-0.4, -0.2) is 23.9 Å². The van der Waals surface area contributed by atoms with Crippen LogP contribution in [0.5, 0.6) is 0 Å². The molecule has 1 saturated carbocycles. The Labute approximate surface area is 83.4 Å². The Morgan fingerprint density at radius 3 is 2.64 bits per heavy atom. The average Bonchev–Trinajstić information content (AvgIpc) is 2.62. The third-order valence-electron chi connectivity index (χ3n) is 3.25. The van der Waals surface area contributed by atoms with Crippen molar-refractivity contribution in [2.75, 3.05) is 0 Å². The second kappa shape index (κ2) is 3.69. The molecule has 2 aliphatic rings. The van der Waals surface area contributed by atoms with E-state index in [1.54, 1.807) is 0 Å². The molecular weight excluding hydrogens is 180 g/mol. The van der Waals surface area contributed by atoms with E-state index < -0.39 is 0 Å². The zero-order valence-electron chi connectivity index (χ0n) is 8.38. The number of hydrogen-bond donors (Lipinski definition) is 2. The molecule has 78 valence electrons. The zero-order valence-corrected chi connectivity index (χ0v) is 8.38. The molecule has 2 amide bonds. The highest BCUT2D eigenvalue weighted by Crippen LogP contribution is 2.25. The lowest BCUT2D eigenvalue weighted by Gasteiger charge is -2.20. The topological polar surface area (TPSA) is 58.2 Å². The molecule has 1 aliphatic carbocycles. The molecule has 0 spiro atoms. The number of carbonyl (C=O) groups excluding carboxylic acids is 2. The van der Waals surface area contributed by atoms with Crippen molar-refractivity contribution in [2.45, 2.75) is 44.7 Å². The number of amides is 2. The third kappa shape index (κ3) is 1.80. The summed E-state index contributed by atoms with van der Waals surface area (Å²) in [5.74, 6) is 0.311. The molecule has 0 aromatic carbocycles. The van der Waals surface area contributed by atoms with Gasteiger partial charge in [-0.25, -0.2) is 0 Å². The van der Waals surface area contributed by atoms with E-state index in [1.807, 2.05) is 0 Å². The van der Waals surface area contributed by atoms with Crippen LogP contribution in [0.2, 0.25) is 0 Å². The minimum absolute atomic E-state index is 0.154. The molecule has 0 aromatic rings. The highest BCUT2D eigenvalue weighted by molar-refractivity contribution is 6.05. The molecule has 4 nitrogen and oxygen atoms in total. The van der Waals surface area contributed by atoms with Gasteiger partial charge in [0.2, 0.25) is 11.8 Å². The number of carbonyl (C=O) groups is 2. The summed E-state index contributed by atoms with van der Waals surface area (Å²) in [6.45, 7) is 2.19. The summed E-state index contributed by atoms with van der Waals surface area (Å²) < 4.78 is 0. The lowest BCUT2D eigenvalue weighted by molar-refractivity contribution is -0.125. The number of hydrogen-bond acceptors (Lipinski definition) is 3. The highest BCUT2D eigenvalue weighted by atomic mass is 16.2. The van der Waals surface area contributed by atoms with Crippen LogP contribution in [-0.2, 0) is 9.59 Å². The number of rotatable bonds is 2. The molecule has 3 atom stereocenters. The van der Waals surface area contributed by atoms with Gasteiger partial charge in [0.1, 0.15) is 0 Å².